The summed E-state index contributed by atoms with van der Waals surface area (Å²) in [5.41, 5.74) is 0.418. The molecule has 1 aromatic carbocycles. The number of rotatable bonds is 4. The Labute approximate surface area is 166 Å². The molecule has 0 aromatic heterocycles. The standard InChI is InChI=1S/C15H14Br2ClNO6/c1-22-13-8(16)4-9(18)12(10(13)17)19-6-25-5-7(14(20)23-2)11(19)15(21)24-3/h4H,5-6H2,1-3H3. The quantitative estimate of drug-likeness (QED) is 0.589. The molecule has 1 aliphatic rings. The van der Waals surface area contributed by atoms with Gasteiger partial charge in [0.05, 0.1) is 53.2 Å². The molecule has 0 N–H and O–H groups in total. The van der Waals surface area contributed by atoms with Crippen LogP contribution in [0.5, 0.6) is 5.75 Å². The summed E-state index contributed by atoms with van der Waals surface area (Å²) in [4.78, 5) is 25.8. The van der Waals surface area contributed by atoms with Crippen LogP contribution in [0.3, 0.4) is 0 Å². The van der Waals surface area contributed by atoms with Crippen molar-refractivity contribution in [2.45, 2.75) is 0 Å². The molecule has 25 heavy (non-hydrogen) atoms. The van der Waals surface area contributed by atoms with E-state index in [1.165, 1.54) is 26.2 Å². The van der Waals surface area contributed by atoms with Gasteiger partial charge in [0.15, 0.2) is 0 Å². The number of nitrogens with zero attached hydrogens (tertiary/aromatic N) is 1. The zero-order valence-electron chi connectivity index (χ0n) is 13.5. The zero-order valence-corrected chi connectivity index (χ0v) is 17.5. The minimum Gasteiger partial charge on any atom is -0.494 e. The smallest absolute Gasteiger partial charge is 0.355 e. The number of hydrogen-bond acceptors (Lipinski definition) is 7. The number of anilines is 1. The van der Waals surface area contributed by atoms with E-state index in [1.54, 1.807) is 6.07 Å². The van der Waals surface area contributed by atoms with E-state index in [4.69, 9.17) is 30.5 Å². The second kappa shape index (κ2) is 8.39. The van der Waals surface area contributed by atoms with Gasteiger partial charge in [0.2, 0.25) is 0 Å². The molecule has 0 saturated heterocycles. The maximum atomic E-state index is 12.3. The Balaban J connectivity index is 2.72. The summed E-state index contributed by atoms with van der Waals surface area (Å²) in [5, 5.41) is 0.302. The Morgan fingerprint density at radius 3 is 2.40 bits per heavy atom. The van der Waals surface area contributed by atoms with Gasteiger partial charge in [-0.2, -0.15) is 0 Å². The number of hydrogen-bond donors (Lipinski definition) is 0. The lowest BCUT2D eigenvalue weighted by Gasteiger charge is -2.33. The van der Waals surface area contributed by atoms with Crippen molar-refractivity contribution in [2.24, 2.45) is 0 Å². The lowest BCUT2D eigenvalue weighted by atomic mass is 10.1. The molecule has 10 heteroatoms. The van der Waals surface area contributed by atoms with Gasteiger partial charge in [0.1, 0.15) is 18.2 Å². The molecule has 0 spiro atoms. The average molecular weight is 500 g/mol. The third-order valence-corrected chi connectivity index (χ3v) is 5.02. The number of esters is 2. The summed E-state index contributed by atoms with van der Waals surface area (Å²) in [6.45, 7) is -0.107. The minimum atomic E-state index is -0.714. The average Bonchev–Trinajstić information content (AvgIpc) is 2.60. The molecule has 7 nitrogen and oxygen atoms in total. The van der Waals surface area contributed by atoms with Gasteiger partial charge in [-0.1, -0.05) is 11.6 Å². The van der Waals surface area contributed by atoms with Gasteiger partial charge in [-0.05, 0) is 37.9 Å². The van der Waals surface area contributed by atoms with Gasteiger partial charge in [-0.3, -0.25) is 0 Å². The lowest BCUT2D eigenvalue weighted by Crippen LogP contribution is -2.39. The molecule has 0 radical (unpaired) electrons. The minimum absolute atomic E-state index is 0.00687. The molecule has 1 aromatic rings. The molecule has 1 aliphatic heterocycles. The van der Waals surface area contributed by atoms with E-state index in [1.807, 2.05) is 0 Å². The summed E-state index contributed by atoms with van der Waals surface area (Å²) < 4.78 is 21.4. The number of ether oxygens (including phenoxy) is 4. The predicted octanol–water partition coefficient (Wildman–Crippen LogP) is 3.27. The van der Waals surface area contributed by atoms with Gasteiger partial charge in [0, 0.05) is 0 Å². The molecular formula is C15H14Br2ClNO6. The second-order valence-electron chi connectivity index (χ2n) is 4.75. The molecule has 2 rings (SSSR count). The SMILES string of the molecule is COC(=O)C1=C(C(=O)OC)N(c2c(Cl)cc(Br)c(OC)c2Br)COC1. The Morgan fingerprint density at radius 1 is 1.20 bits per heavy atom. The van der Waals surface area contributed by atoms with Gasteiger partial charge >= 0.3 is 11.9 Å². The predicted molar refractivity (Wildman–Crippen MR) is 97.8 cm³/mol. The van der Waals surface area contributed by atoms with Crippen LogP contribution in [0.2, 0.25) is 5.02 Å². The first-order valence-corrected chi connectivity index (χ1v) is 8.80. The van der Waals surface area contributed by atoms with Crippen LogP contribution in [0.25, 0.3) is 0 Å². The summed E-state index contributed by atoms with van der Waals surface area (Å²) in [6.07, 6.45) is 0. The Kier molecular flexibility index (Phi) is 6.72. The molecule has 0 bridgehead atoms. The van der Waals surface area contributed by atoms with E-state index in [2.05, 4.69) is 31.9 Å². The highest BCUT2D eigenvalue weighted by Gasteiger charge is 2.35. The van der Waals surface area contributed by atoms with Crippen molar-refractivity contribution >= 4 is 61.1 Å². The van der Waals surface area contributed by atoms with Crippen molar-refractivity contribution < 1.29 is 28.5 Å². The van der Waals surface area contributed by atoms with Gasteiger partial charge in [-0.15, -0.1) is 0 Å². The molecule has 1 heterocycles. The number of halogens is 3. The summed E-state index contributed by atoms with van der Waals surface area (Å²) in [6, 6.07) is 1.61. The first-order valence-electron chi connectivity index (χ1n) is 6.83. The van der Waals surface area contributed by atoms with Gasteiger partial charge in [0.25, 0.3) is 0 Å². The van der Waals surface area contributed by atoms with Crippen LogP contribution >= 0.6 is 43.5 Å². The van der Waals surface area contributed by atoms with Crippen molar-refractivity contribution in [3.63, 3.8) is 0 Å². The van der Waals surface area contributed by atoms with Crippen LogP contribution in [-0.2, 0) is 23.8 Å². The van der Waals surface area contributed by atoms with E-state index >= 15 is 0 Å². The monoisotopic (exact) mass is 497 g/mol. The number of methoxy groups -OCH3 is 3. The number of carbonyl (C=O) groups excluding carboxylic acids is 2. The van der Waals surface area contributed by atoms with Crippen molar-refractivity contribution in [3.05, 3.63) is 31.3 Å². The highest BCUT2D eigenvalue weighted by atomic mass is 79.9. The normalized spacial score (nSPS) is 14.4. The Hall–Kier alpha value is -1.29. The molecule has 136 valence electrons. The number of carbonyl (C=O) groups is 2. The zero-order chi connectivity index (χ0) is 18.7. The largest absolute Gasteiger partial charge is 0.494 e. The van der Waals surface area contributed by atoms with Crippen molar-refractivity contribution in [3.8, 4) is 5.75 Å². The Bertz CT molecular complexity index is 752. The fourth-order valence-electron chi connectivity index (χ4n) is 2.32. The van der Waals surface area contributed by atoms with Crippen LogP contribution < -0.4 is 9.64 Å². The van der Waals surface area contributed by atoms with E-state index in [0.29, 0.717) is 25.4 Å². The van der Waals surface area contributed by atoms with E-state index in [-0.39, 0.29) is 24.6 Å². The third-order valence-electron chi connectivity index (χ3n) is 3.41. The Morgan fingerprint density at radius 2 is 1.84 bits per heavy atom. The van der Waals surface area contributed by atoms with Crippen LogP contribution in [-0.4, -0.2) is 46.6 Å². The molecule has 0 unspecified atom stereocenters. The van der Waals surface area contributed by atoms with E-state index in [9.17, 15) is 9.59 Å². The van der Waals surface area contributed by atoms with E-state index < -0.39 is 11.9 Å². The lowest BCUT2D eigenvalue weighted by molar-refractivity contribution is -0.140. The summed E-state index contributed by atoms with van der Waals surface area (Å²) >= 11 is 13.1. The molecule has 0 fully saturated rings. The summed E-state index contributed by atoms with van der Waals surface area (Å²) in [7, 11) is 3.93. The molecule has 0 aliphatic carbocycles. The fraction of sp³-hybridized carbons (Fsp3) is 0.333. The van der Waals surface area contributed by atoms with Crippen LogP contribution in [0.1, 0.15) is 0 Å². The first kappa shape index (κ1) is 20.0. The maximum absolute atomic E-state index is 12.3. The van der Waals surface area contributed by atoms with Crippen molar-refractivity contribution in [2.75, 3.05) is 39.6 Å². The highest BCUT2D eigenvalue weighted by molar-refractivity contribution is 9.11. The first-order chi connectivity index (χ1) is 11.9. The second-order valence-corrected chi connectivity index (χ2v) is 6.81. The van der Waals surface area contributed by atoms with Crippen LogP contribution in [0.15, 0.2) is 26.3 Å². The highest BCUT2D eigenvalue weighted by Crippen LogP contribution is 2.46. The molecule has 0 amide bonds. The topological polar surface area (TPSA) is 74.3 Å². The molecule has 0 atom stereocenters. The fourth-order valence-corrected chi connectivity index (χ4v) is 4.53. The van der Waals surface area contributed by atoms with Gasteiger partial charge < -0.3 is 23.8 Å². The van der Waals surface area contributed by atoms with Crippen molar-refractivity contribution in [1.82, 2.24) is 0 Å². The van der Waals surface area contributed by atoms with Crippen LogP contribution in [0.4, 0.5) is 5.69 Å². The van der Waals surface area contributed by atoms with Crippen molar-refractivity contribution in [1.29, 1.82) is 0 Å². The molecular weight excluding hydrogens is 485 g/mol. The summed E-state index contributed by atoms with van der Waals surface area (Å²) in [5.74, 6) is -0.941. The molecule has 0 saturated carbocycles. The van der Waals surface area contributed by atoms with Gasteiger partial charge in [-0.25, -0.2) is 9.59 Å². The maximum Gasteiger partial charge on any atom is 0.355 e. The number of benzene rings is 1. The van der Waals surface area contributed by atoms with E-state index in [0.717, 1.165) is 0 Å². The van der Waals surface area contributed by atoms with Crippen LogP contribution in [0, 0.1) is 0 Å². The third kappa shape index (κ3) is 3.79.